The predicted octanol–water partition coefficient (Wildman–Crippen LogP) is 1.72. The predicted molar refractivity (Wildman–Crippen MR) is 78.6 cm³/mol. The molecule has 5 aliphatic rings. The second-order valence-electron chi connectivity index (χ2n) is 7.61. The van der Waals surface area contributed by atoms with Crippen molar-refractivity contribution >= 4 is 0 Å². The minimum absolute atomic E-state index is 0.0292. The van der Waals surface area contributed by atoms with E-state index >= 15 is 0 Å². The van der Waals surface area contributed by atoms with Crippen LogP contribution in [0.4, 0.5) is 0 Å². The molecule has 1 fully saturated rings. The van der Waals surface area contributed by atoms with E-state index in [0.717, 1.165) is 12.2 Å². The van der Waals surface area contributed by atoms with Crippen LogP contribution < -0.4 is 4.74 Å². The number of benzene rings is 1. The maximum Gasteiger partial charge on any atom is 0.138 e. The van der Waals surface area contributed by atoms with Crippen LogP contribution in [0.2, 0.25) is 0 Å². The van der Waals surface area contributed by atoms with Crippen LogP contribution in [0.15, 0.2) is 24.3 Å². The molecule has 2 unspecified atom stereocenters. The average Bonchev–Trinajstić information content (AvgIpc) is 2.89. The van der Waals surface area contributed by atoms with E-state index in [-0.39, 0.29) is 11.5 Å². The summed E-state index contributed by atoms with van der Waals surface area (Å²) in [6.07, 6.45) is 4.86. The van der Waals surface area contributed by atoms with Crippen molar-refractivity contribution in [1.82, 2.24) is 4.90 Å². The van der Waals surface area contributed by atoms with Crippen molar-refractivity contribution in [1.29, 1.82) is 0 Å². The van der Waals surface area contributed by atoms with Crippen LogP contribution in [0.5, 0.6) is 5.75 Å². The second-order valence-corrected chi connectivity index (χ2v) is 7.61. The SMILES string of the molecule is Cc1ccc2c3c1O[C@H]1[C@@H](O)C=C[C@H]4[C@H]5[C@@H](C2C[C@@]341)N5C. The first-order valence-corrected chi connectivity index (χ1v) is 8.03. The zero-order valence-electron chi connectivity index (χ0n) is 12.3. The lowest BCUT2D eigenvalue weighted by molar-refractivity contribution is -0.00162. The molecule has 1 saturated heterocycles. The molecular weight excluding hydrogens is 262 g/mol. The van der Waals surface area contributed by atoms with Crippen LogP contribution in [-0.4, -0.2) is 41.3 Å². The van der Waals surface area contributed by atoms with Crippen molar-refractivity contribution in [2.75, 3.05) is 7.05 Å². The van der Waals surface area contributed by atoms with Gasteiger partial charge in [-0.2, -0.15) is 0 Å². The lowest BCUT2D eigenvalue weighted by Gasteiger charge is -2.44. The number of aryl methyl sites for hydroxylation is 1. The highest BCUT2D eigenvalue weighted by molar-refractivity contribution is 5.64. The molecule has 3 nitrogen and oxygen atoms in total. The van der Waals surface area contributed by atoms with Gasteiger partial charge in [-0.15, -0.1) is 0 Å². The Morgan fingerprint density at radius 1 is 1.29 bits per heavy atom. The largest absolute Gasteiger partial charge is 0.486 e. The van der Waals surface area contributed by atoms with Crippen LogP contribution in [0, 0.1) is 12.8 Å². The zero-order chi connectivity index (χ0) is 14.1. The molecule has 0 radical (unpaired) electrons. The van der Waals surface area contributed by atoms with Crippen LogP contribution in [0.1, 0.15) is 29.0 Å². The van der Waals surface area contributed by atoms with Gasteiger partial charge in [0.25, 0.3) is 0 Å². The summed E-state index contributed by atoms with van der Waals surface area (Å²) in [7, 11) is 2.26. The molecule has 0 amide bonds. The number of rotatable bonds is 0. The van der Waals surface area contributed by atoms with Crippen LogP contribution >= 0.6 is 0 Å². The van der Waals surface area contributed by atoms with Crippen molar-refractivity contribution < 1.29 is 9.84 Å². The van der Waals surface area contributed by atoms with E-state index in [9.17, 15) is 5.11 Å². The first-order valence-electron chi connectivity index (χ1n) is 8.03. The number of fused-ring (bicyclic) bond motifs is 3. The van der Waals surface area contributed by atoms with Gasteiger partial charge in [0.05, 0.1) is 0 Å². The van der Waals surface area contributed by atoms with E-state index in [4.69, 9.17) is 4.74 Å². The summed E-state index contributed by atoms with van der Waals surface area (Å²) >= 11 is 0. The van der Waals surface area contributed by atoms with Gasteiger partial charge in [-0.25, -0.2) is 0 Å². The fraction of sp³-hybridized carbons (Fsp3) is 0.556. The van der Waals surface area contributed by atoms with Crippen molar-refractivity contribution in [3.05, 3.63) is 41.0 Å². The first kappa shape index (κ1) is 11.3. The normalized spacial score (nSPS) is 53.2. The number of nitrogens with zero attached hydrogens (tertiary/aromatic N) is 1. The summed E-state index contributed by atoms with van der Waals surface area (Å²) in [6.45, 7) is 2.13. The molecule has 2 aliphatic heterocycles. The third-order valence-electron chi connectivity index (χ3n) is 6.96. The Balaban J connectivity index is 1.72. The molecule has 108 valence electrons. The highest BCUT2D eigenvalue weighted by Gasteiger charge is 2.74. The van der Waals surface area contributed by atoms with Gasteiger partial charge in [-0.05, 0) is 31.5 Å². The molecule has 2 bridgehead atoms. The van der Waals surface area contributed by atoms with Crippen molar-refractivity contribution in [3.8, 4) is 5.75 Å². The first-order chi connectivity index (χ1) is 10.1. The van der Waals surface area contributed by atoms with Crippen LogP contribution in [0.25, 0.3) is 0 Å². The fourth-order valence-corrected chi connectivity index (χ4v) is 6.18. The summed E-state index contributed by atoms with van der Waals surface area (Å²) in [5, 5.41) is 10.5. The Morgan fingerprint density at radius 3 is 3.00 bits per heavy atom. The molecule has 1 aromatic rings. The van der Waals surface area contributed by atoms with Gasteiger partial charge < -0.3 is 9.84 Å². The maximum atomic E-state index is 10.5. The summed E-state index contributed by atoms with van der Waals surface area (Å²) in [5.41, 5.74) is 4.20. The Labute approximate surface area is 124 Å². The molecular formula is C18H19NO2. The maximum absolute atomic E-state index is 10.5. The van der Waals surface area contributed by atoms with Gasteiger partial charge in [0.15, 0.2) is 0 Å². The van der Waals surface area contributed by atoms with Crippen molar-refractivity contribution in [2.24, 2.45) is 5.92 Å². The monoisotopic (exact) mass is 281 g/mol. The lowest BCUT2D eigenvalue weighted by Crippen LogP contribution is -2.54. The summed E-state index contributed by atoms with van der Waals surface area (Å²) in [5.74, 6) is 2.22. The van der Waals surface area contributed by atoms with Gasteiger partial charge in [-0.1, -0.05) is 24.3 Å². The third-order valence-corrected chi connectivity index (χ3v) is 6.96. The summed E-state index contributed by atoms with van der Waals surface area (Å²) in [6, 6.07) is 5.86. The standard InChI is InChI=1S/C18H19NO2/c1-8-3-4-9-10-7-18-11(15-14(10)19(15)2)5-6-12(20)17(18)21-16(8)13(9)18/h3-6,10-12,14-15,17,20H,7H2,1-2H3/t10?,11-,12-,14+,15-,17-,18-,19?/m0/s1. The molecule has 2 heterocycles. The van der Waals surface area contributed by atoms with Crippen molar-refractivity contribution in [2.45, 2.75) is 49.0 Å². The topological polar surface area (TPSA) is 32.5 Å². The highest BCUT2D eigenvalue weighted by atomic mass is 16.5. The van der Waals surface area contributed by atoms with E-state index in [0.29, 0.717) is 23.9 Å². The van der Waals surface area contributed by atoms with E-state index in [1.54, 1.807) is 0 Å². The Morgan fingerprint density at radius 2 is 2.14 bits per heavy atom. The molecule has 0 aromatic heterocycles. The van der Waals surface area contributed by atoms with Crippen LogP contribution in [0.3, 0.4) is 0 Å². The number of aliphatic hydroxyl groups excluding tert-OH is 1. The van der Waals surface area contributed by atoms with E-state index in [1.807, 2.05) is 6.08 Å². The number of hydrogen-bond acceptors (Lipinski definition) is 3. The quantitative estimate of drug-likeness (QED) is 0.580. The number of likely N-dealkylation sites (tertiary alicyclic amines) is 1. The Kier molecular flexibility index (Phi) is 1.64. The number of aliphatic hydroxyl groups is 1. The molecule has 1 aromatic carbocycles. The third kappa shape index (κ3) is 0.957. The summed E-state index contributed by atoms with van der Waals surface area (Å²) in [4.78, 5) is 2.53. The van der Waals surface area contributed by atoms with Gasteiger partial charge in [-0.3, -0.25) is 4.90 Å². The van der Waals surface area contributed by atoms with Gasteiger partial charge >= 0.3 is 0 Å². The molecule has 0 saturated carbocycles. The van der Waals surface area contributed by atoms with E-state index in [1.165, 1.54) is 16.7 Å². The van der Waals surface area contributed by atoms with Gasteiger partial charge in [0, 0.05) is 34.9 Å². The molecule has 3 aliphatic carbocycles. The number of likely N-dealkylation sites (N-methyl/N-ethyl adjacent to an activating group) is 1. The minimum atomic E-state index is -0.472. The second kappa shape index (κ2) is 3.06. The van der Waals surface area contributed by atoms with E-state index < -0.39 is 6.10 Å². The smallest absolute Gasteiger partial charge is 0.138 e. The molecule has 3 heteroatoms. The zero-order valence-corrected chi connectivity index (χ0v) is 12.3. The number of ether oxygens (including phenoxy) is 1. The van der Waals surface area contributed by atoms with Crippen LogP contribution in [-0.2, 0) is 5.41 Å². The van der Waals surface area contributed by atoms with E-state index in [2.05, 4.69) is 37.1 Å². The molecule has 1 spiro atoms. The molecule has 8 atom stereocenters. The Bertz CT molecular complexity index is 726. The van der Waals surface area contributed by atoms with Crippen molar-refractivity contribution in [3.63, 3.8) is 0 Å². The Hall–Kier alpha value is -1.32. The number of hydrogen-bond donors (Lipinski definition) is 1. The van der Waals surface area contributed by atoms with Gasteiger partial charge in [0.1, 0.15) is 18.0 Å². The lowest BCUT2D eigenvalue weighted by atomic mass is 9.60. The average molecular weight is 281 g/mol. The molecule has 1 N–H and O–H groups in total. The highest BCUT2D eigenvalue weighted by Crippen LogP contribution is 2.71. The molecule has 6 rings (SSSR count). The minimum Gasteiger partial charge on any atom is -0.486 e. The summed E-state index contributed by atoms with van der Waals surface area (Å²) < 4.78 is 6.32. The molecule has 21 heavy (non-hydrogen) atoms. The fourth-order valence-electron chi connectivity index (χ4n) is 6.18. The van der Waals surface area contributed by atoms with Gasteiger partial charge in [0.2, 0.25) is 0 Å².